The first-order chi connectivity index (χ1) is 12.9. The number of hydrogen-bond acceptors (Lipinski definition) is 4. The SMILES string of the molecule is Cc1ccc(CNC(=O)CSc2nnc(C)n2-c2ccc(C)c(C)c2)cc1. The van der Waals surface area contributed by atoms with Gasteiger partial charge in [0.2, 0.25) is 5.91 Å². The number of aryl methyl sites for hydroxylation is 4. The lowest BCUT2D eigenvalue weighted by Crippen LogP contribution is -2.24. The standard InChI is InChI=1S/C21H24N4OS/c1-14-5-8-18(9-6-14)12-22-20(26)13-27-21-24-23-17(4)25(21)19-10-7-15(2)16(3)11-19/h5-11H,12-13H2,1-4H3,(H,22,26). The summed E-state index contributed by atoms with van der Waals surface area (Å²) in [5.41, 5.74) is 5.78. The summed E-state index contributed by atoms with van der Waals surface area (Å²) in [5.74, 6) is 1.09. The highest BCUT2D eigenvalue weighted by Gasteiger charge is 2.14. The van der Waals surface area contributed by atoms with Crippen LogP contribution in [0.1, 0.15) is 28.1 Å². The normalized spacial score (nSPS) is 10.8. The van der Waals surface area contributed by atoms with E-state index in [1.54, 1.807) is 0 Å². The molecule has 0 bridgehead atoms. The number of nitrogens with zero attached hydrogens (tertiary/aromatic N) is 3. The number of thioether (sulfide) groups is 1. The highest BCUT2D eigenvalue weighted by molar-refractivity contribution is 7.99. The lowest BCUT2D eigenvalue weighted by molar-refractivity contribution is -0.118. The Morgan fingerprint density at radius 1 is 1.00 bits per heavy atom. The molecule has 0 aliphatic heterocycles. The van der Waals surface area contributed by atoms with Crippen molar-refractivity contribution in [3.05, 3.63) is 70.5 Å². The molecular weight excluding hydrogens is 356 g/mol. The Morgan fingerprint density at radius 3 is 2.44 bits per heavy atom. The molecule has 1 heterocycles. The van der Waals surface area contributed by atoms with E-state index in [9.17, 15) is 4.79 Å². The summed E-state index contributed by atoms with van der Waals surface area (Å²) in [7, 11) is 0. The summed E-state index contributed by atoms with van der Waals surface area (Å²) in [6.45, 7) is 8.68. The highest BCUT2D eigenvalue weighted by atomic mass is 32.2. The first kappa shape index (κ1) is 19.2. The van der Waals surface area contributed by atoms with Crippen LogP contribution >= 0.6 is 11.8 Å². The van der Waals surface area contributed by atoms with E-state index in [0.717, 1.165) is 22.2 Å². The minimum absolute atomic E-state index is 0.0205. The highest BCUT2D eigenvalue weighted by Crippen LogP contribution is 2.23. The van der Waals surface area contributed by atoms with E-state index in [0.29, 0.717) is 12.3 Å². The van der Waals surface area contributed by atoms with Gasteiger partial charge in [0.25, 0.3) is 0 Å². The van der Waals surface area contributed by atoms with E-state index >= 15 is 0 Å². The van der Waals surface area contributed by atoms with Crippen LogP contribution in [0.25, 0.3) is 5.69 Å². The maximum atomic E-state index is 12.2. The van der Waals surface area contributed by atoms with E-state index < -0.39 is 0 Å². The van der Waals surface area contributed by atoms with Crippen molar-refractivity contribution in [1.82, 2.24) is 20.1 Å². The van der Waals surface area contributed by atoms with Crippen molar-refractivity contribution in [3.8, 4) is 5.69 Å². The number of benzene rings is 2. The van der Waals surface area contributed by atoms with Gasteiger partial charge in [0.1, 0.15) is 5.82 Å². The molecule has 27 heavy (non-hydrogen) atoms. The molecule has 140 valence electrons. The third-order valence-corrected chi connectivity index (χ3v) is 5.42. The average Bonchev–Trinajstić information content (AvgIpc) is 3.02. The lowest BCUT2D eigenvalue weighted by atomic mass is 10.1. The van der Waals surface area contributed by atoms with Gasteiger partial charge in [-0.3, -0.25) is 9.36 Å². The van der Waals surface area contributed by atoms with Gasteiger partial charge in [-0.15, -0.1) is 10.2 Å². The predicted molar refractivity (Wildman–Crippen MR) is 109 cm³/mol. The summed E-state index contributed by atoms with van der Waals surface area (Å²) in [6.07, 6.45) is 0. The number of hydrogen-bond donors (Lipinski definition) is 1. The minimum Gasteiger partial charge on any atom is -0.351 e. The van der Waals surface area contributed by atoms with Crippen LogP contribution in [-0.2, 0) is 11.3 Å². The molecule has 3 aromatic rings. The van der Waals surface area contributed by atoms with Crippen molar-refractivity contribution in [2.75, 3.05) is 5.75 Å². The van der Waals surface area contributed by atoms with Crippen LogP contribution < -0.4 is 5.32 Å². The van der Waals surface area contributed by atoms with Crippen LogP contribution in [0.15, 0.2) is 47.6 Å². The molecule has 0 spiro atoms. The summed E-state index contributed by atoms with van der Waals surface area (Å²) in [4.78, 5) is 12.2. The molecule has 0 atom stereocenters. The van der Waals surface area contributed by atoms with Gasteiger partial charge >= 0.3 is 0 Å². The van der Waals surface area contributed by atoms with Crippen molar-refractivity contribution >= 4 is 17.7 Å². The van der Waals surface area contributed by atoms with Crippen LogP contribution in [0.3, 0.4) is 0 Å². The Hall–Kier alpha value is -2.60. The largest absolute Gasteiger partial charge is 0.351 e. The number of amides is 1. The smallest absolute Gasteiger partial charge is 0.230 e. The van der Waals surface area contributed by atoms with Crippen LogP contribution in [-0.4, -0.2) is 26.4 Å². The molecule has 0 saturated heterocycles. The van der Waals surface area contributed by atoms with Crippen LogP contribution in [0.2, 0.25) is 0 Å². The molecule has 1 amide bonds. The molecule has 0 radical (unpaired) electrons. The van der Waals surface area contributed by atoms with Gasteiger partial charge in [0, 0.05) is 12.2 Å². The van der Waals surface area contributed by atoms with Crippen LogP contribution in [0.4, 0.5) is 0 Å². The summed E-state index contributed by atoms with van der Waals surface area (Å²) < 4.78 is 1.99. The Balaban J connectivity index is 1.63. The maximum absolute atomic E-state index is 12.2. The van der Waals surface area contributed by atoms with Crippen molar-refractivity contribution in [1.29, 1.82) is 0 Å². The van der Waals surface area contributed by atoms with E-state index in [1.165, 1.54) is 28.5 Å². The molecule has 0 unspecified atom stereocenters. The molecule has 1 N–H and O–H groups in total. The summed E-state index contributed by atoms with van der Waals surface area (Å²) in [5, 5.41) is 12.1. The number of nitrogens with one attached hydrogen (secondary N) is 1. The topological polar surface area (TPSA) is 59.8 Å². The van der Waals surface area contributed by atoms with Gasteiger partial charge in [-0.05, 0) is 56.5 Å². The monoisotopic (exact) mass is 380 g/mol. The minimum atomic E-state index is -0.0205. The van der Waals surface area contributed by atoms with E-state index in [-0.39, 0.29) is 5.91 Å². The zero-order valence-electron chi connectivity index (χ0n) is 16.1. The zero-order chi connectivity index (χ0) is 19.4. The lowest BCUT2D eigenvalue weighted by Gasteiger charge is -2.10. The number of rotatable bonds is 6. The van der Waals surface area contributed by atoms with E-state index in [2.05, 4.69) is 47.6 Å². The second-order valence-corrected chi connectivity index (χ2v) is 7.63. The van der Waals surface area contributed by atoms with Crippen molar-refractivity contribution in [2.45, 2.75) is 39.4 Å². The maximum Gasteiger partial charge on any atom is 0.230 e. The average molecular weight is 381 g/mol. The molecule has 5 nitrogen and oxygen atoms in total. The molecular formula is C21H24N4OS. The number of carbonyl (C=O) groups is 1. The third kappa shape index (κ3) is 4.77. The van der Waals surface area contributed by atoms with Crippen molar-refractivity contribution < 1.29 is 4.79 Å². The third-order valence-electron chi connectivity index (χ3n) is 4.49. The van der Waals surface area contributed by atoms with Crippen molar-refractivity contribution in [2.24, 2.45) is 0 Å². The van der Waals surface area contributed by atoms with Crippen molar-refractivity contribution in [3.63, 3.8) is 0 Å². The van der Waals surface area contributed by atoms with Gasteiger partial charge in [-0.25, -0.2) is 0 Å². The van der Waals surface area contributed by atoms with E-state index in [4.69, 9.17) is 0 Å². The Morgan fingerprint density at radius 2 is 1.74 bits per heavy atom. The molecule has 2 aromatic carbocycles. The molecule has 0 aliphatic rings. The van der Waals surface area contributed by atoms with Gasteiger partial charge < -0.3 is 5.32 Å². The van der Waals surface area contributed by atoms with Gasteiger partial charge in [-0.2, -0.15) is 0 Å². The Kier molecular flexibility index (Phi) is 5.96. The van der Waals surface area contributed by atoms with Gasteiger partial charge in [0.05, 0.1) is 5.75 Å². The second kappa shape index (κ2) is 8.39. The number of aromatic nitrogens is 3. The summed E-state index contributed by atoms with van der Waals surface area (Å²) in [6, 6.07) is 14.4. The molecule has 0 fully saturated rings. The predicted octanol–water partition coefficient (Wildman–Crippen LogP) is 3.91. The molecule has 3 rings (SSSR count). The van der Waals surface area contributed by atoms with Crippen LogP contribution in [0.5, 0.6) is 0 Å². The Bertz CT molecular complexity index is 947. The van der Waals surface area contributed by atoms with Gasteiger partial charge in [-0.1, -0.05) is 47.7 Å². The fourth-order valence-electron chi connectivity index (χ4n) is 2.69. The second-order valence-electron chi connectivity index (χ2n) is 6.68. The Labute approximate surface area is 164 Å². The first-order valence-electron chi connectivity index (χ1n) is 8.89. The van der Waals surface area contributed by atoms with Crippen LogP contribution in [0, 0.1) is 27.7 Å². The van der Waals surface area contributed by atoms with Gasteiger partial charge in [0.15, 0.2) is 5.16 Å². The molecule has 0 saturated carbocycles. The molecule has 6 heteroatoms. The quantitative estimate of drug-likeness (QED) is 0.659. The fraction of sp³-hybridized carbons (Fsp3) is 0.286. The fourth-order valence-corrected chi connectivity index (χ4v) is 3.51. The zero-order valence-corrected chi connectivity index (χ0v) is 16.9. The summed E-state index contributed by atoms with van der Waals surface area (Å²) >= 11 is 1.40. The first-order valence-corrected chi connectivity index (χ1v) is 9.87. The number of carbonyl (C=O) groups excluding carboxylic acids is 1. The molecule has 0 aliphatic carbocycles. The molecule has 1 aromatic heterocycles. The van der Waals surface area contributed by atoms with E-state index in [1.807, 2.05) is 42.7 Å².